The molecule has 27 heavy (non-hydrogen) atoms. The van der Waals surface area contributed by atoms with E-state index in [-0.39, 0.29) is 18.4 Å². The number of hydrogen-bond donors (Lipinski definition) is 0. The second kappa shape index (κ2) is 7.90. The van der Waals surface area contributed by atoms with E-state index in [1.165, 1.54) is 31.7 Å². The molecule has 6 nitrogen and oxygen atoms in total. The molecule has 140 valence electrons. The number of halogens is 3. The van der Waals surface area contributed by atoms with Crippen LogP contribution in [0.1, 0.15) is 22.7 Å². The van der Waals surface area contributed by atoms with Crippen molar-refractivity contribution in [3.8, 4) is 5.88 Å². The highest BCUT2D eigenvalue weighted by molar-refractivity contribution is 6.10. The average Bonchev–Trinajstić information content (AvgIpc) is 3.19. The zero-order chi connectivity index (χ0) is 19.3. The van der Waals surface area contributed by atoms with Crippen LogP contribution in [0.25, 0.3) is 0 Å². The van der Waals surface area contributed by atoms with E-state index >= 15 is 0 Å². The molecule has 3 aromatic rings. The largest absolute Gasteiger partial charge is 0.473 e. The van der Waals surface area contributed by atoms with Gasteiger partial charge in [-0.1, -0.05) is 35.5 Å². The molecule has 1 aromatic carbocycles. The highest BCUT2D eigenvalue weighted by atomic mass is 19.4. The molecule has 0 unspecified atom stereocenters. The Morgan fingerprint density at radius 2 is 1.96 bits per heavy atom. The van der Waals surface area contributed by atoms with Crippen molar-refractivity contribution in [3.63, 3.8) is 0 Å². The molecule has 0 bridgehead atoms. The maximum Gasteiger partial charge on any atom is 0.433 e. The molecule has 0 saturated carbocycles. The molecule has 0 fully saturated rings. The summed E-state index contributed by atoms with van der Waals surface area (Å²) in [6.45, 7) is -0.0338. The Labute approximate surface area is 152 Å². The first-order valence-corrected chi connectivity index (χ1v) is 7.75. The van der Waals surface area contributed by atoms with Crippen molar-refractivity contribution in [2.45, 2.75) is 12.8 Å². The van der Waals surface area contributed by atoms with Crippen LogP contribution in [0.5, 0.6) is 5.88 Å². The van der Waals surface area contributed by atoms with Crippen LogP contribution in [0, 0.1) is 0 Å². The van der Waals surface area contributed by atoms with E-state index in [4.69, 9.17) is 14.0 Å². The van der Waals surface area contributed by atoms with Gasteiger partial charge in [-0.05, 0) is 11.6 Å². The number of hydrogen-bond acceptors (Lipinski definition) is 6. The number of aromatic nitrogens is 2. The van der Waals surface area contributed by atoms with E-state index in [0.29, 0.717) is 16.8 Å². The van der Waals surface area contributed by atoms with Crippen molar-refractivity contribution >= 4 is 5.71 Å². The first kappa shape index (κ1) is 18.4. The number of benzene rings is 1. The van der Waals surface area contributed by atoms with Crippen LogP contribution in [0.2, 0.25) is 0 Å². The number of ether oxygens (including phenoxy) is 1. The Morgan fingerprint density at radius 1 is 1.15 bits per heavy atom. The summed E-state index contributed by atoms with van der Waals surface area (Å²) in [5.74, 6) is 0.0995. The SMILES string of the molecule is CO/N=C(/c1ncco1)c1ccccc1COc1cccc(C(F)(F)F)n1. The van der Waals surface area contributed by atoms with Crippen LogP contribution in [0.3, 0.4) is 0 Å². The molecule has 0 spiro atoms. The molecule has 0 aliphatic rings. The standard InChI is InChI=1S/C18H14F3N3O3/c1-25-24-16(17-22-9-10-26-17)13-6-3-2-5-12(13)11-27-15-8-4-7-14(23-15)18(19,20)21/h2-10H,11H2,1H3/b24-16+. The van der Waals surface area contributed by atoms with Gasteiger partial charge in [0.05, 0.1) is 6.20 Å². The lowest BCUT2D eigenvalue weighted by Gasteiger charge is -2.12. The van der Waals surface area contributed by atoms with Gasteiger partial charge in [-0.15, -0.1) is 0 Å². The maximum absolute atomic E-state index is 12.8. The van der Waals surface area contributed by atoms with Gasteiger partial charge in [-0.3, -0.25) is 0 Å². The van der Waals surface area contributed by atoms with E-state index in [9.17, 15) is 13.2 Å². The molecule has 2 heterocycles. The molecule has 0 amide bonds. The topological polar surface area (TPSA) is 69.7 Å². The summed E-state index contributed by atoms with van der Waals surface area (Å²) >= 11 is 0. The summed E-state index contributed by atoms with van der Waals surface area (Å²) in [6.07, 6.45) is -1.68. The van der Waals surface area contributed by atoms with Crippen LogP contribution in [-0.4, -0.2) is 22.8 Å². The van der Waals surface area contributed by atoms with E-state index in [0.717, 1.165) is 6.07 Å². The fraction of sp³-hybridized carbons (Fsp3) is 0.167. The Morgan fingerprint density at radius 3 is 2.67 bits per heavy atom. The fourth-order valence-electron chi connectivity index (χ4n) is 2.32. The van der Waals surface area contributed by atoms with E-state index < -0.39 is 11.9 Å². The number of oxime groups is 1. The van der Waals surface area contributed by atoms with E-state index in [1.807, 2.05) is 0 Å². The van der Waals surface area contributed by atoms with E-state index in [2.05, 4.69) is 15.1 Å². The second-order valence-electron chi connectivity index (χ2n) is 5.26. The smallest absolute Gasteiger partial charge is 0.433 e. The van der Waals surface area contributed by atoms with Crippen molar-refractivity contribution < 1.29 is 27.2 Å². The quantitative estimate of drug-likeness (QED) is 0.479. The van der Waals surface area contributed by atoms with Crippen molar-refractivity contribution in [2.24, 2.45) is 5.16 Å². The lowest BCUT2D eigenvalue weighted by Crippen LogP contribution is -2.11. The molecule has 3 rings (SSSR count). The van der Waals surface area contributed by atoms with Crippen molar-refractivity contribution in [1.29, 1.82) is 0 Å². The third-order valence-electron chi connectivity index (χ3n) is 3.48. The summed E-state index contributed by atoms with van der Waals surface area (Å²) in [5, 5.41) is 3.94. The summed E-state index contributed by atoms with van der Waals surface area (Å²) in [4.78, 5) is 12.4. The predicted octanol–water partition coefficient (Wildman–Crippen LogP) is 4.07. The van der Waals surface area contributed by atoms with Crippen LogP contribution in [0.15, 0.2) is 64.5 Å². The van der Waals surface area contributed by atoms with Gasteiger partial charge in [-0.25, -0.2) is 9.97 Å². The normalized spacial score (nSPS) is 12.1. The first-order chi connectivity index (χ1) is 13.0. The molecule has 0 saturated heterocycles. The summed E-state index contributed by atoms with van der Waals surface area (Å²) in [7, 11) is 1.38. The van der Waals surface area contributed by atoms with Crippen LogP contribution in [-0.2, 0) is 17.6 Å². The number of alkyl halides is 3. The van der Waals surface area contributed by atoms with E-state index in [1.54, 1.807) is 24.3 Å². The monoisotopic (exact) mass is 377 g/mol. The minimum absolute atomic E-state index is 0.0338. The van der Waals surface area contributed by atoms with Crippen molar-refractivity contribution in [1.82, 2.24) is 9.97 Å². The van der Waals surface area contributed by atoms with Crippen molar-refractivity contribution in [2.75, 3.05) is 7.11 Å². The van der Waals surface area contributed by atoms with Crippen molar-refractivity contribution in [3.05, 3.63) is 77.6 Å². The van der Waals surface area contributed by atoms with Gasteiger partial charge in [0.15, 0.2) is 5.71 Å². The predicted molar refractivity (Wildman–Crippen MR) is 89.2 cm³/mol. The summed E-state index contributed by atoms with van der Waals surface area (Å²) in [5.41, 5.74) is 0.563. The number of oxazole rings is 1. The summed E-state index contributed by atoms with van der Waals surface area (Å²) in [6, 6.07) is 10.5. The van der Waals surface area contributed by atoms with Gasteiger partial charge in [0.2, 0.25) is 11.8 Å². The summed E-state index contributed by atoms with van der Waals surface area (Å²) < 4.78 is 49.1. The molecular weight excluding hydrogens is 363 g/mol. The first-order valence-electron chi connectivity index (χ1n) is 7.75. The molecule has 0 aliphatic heterocycles. The Kier molecular flexibility index (Phi) is 5.39. The fourth-order valence-corrected chi connectivity index (χ4v) is 2.32. The van der Waals surface area contributed by atoms with Crippen LogP contribution in [0.4, 0.5) is 13.2 Å². The van der Waals surface area contributed by atoms with Crippen LogP contribution < -0.4 is 4.74 Å². The molecule has 0 radical (unpaired) electrons. The second-order valence-corrected chi connectivity index (χ2v) is 5.26. The number of pyridine rings is 1. The minimum atomic E-state index is -4.54. The molecule has 0 atom stereocenters. The Balaban J connectivity index is 1.86. The van der Waals surface area contributed by atoms with Gasteiger partial charge < -0.3 is 14.0 Å². The van der Waals surface area contributed by atoms with Gasteiger partial charge in [0, 0.05) is 11.6 Å². The average molecular weight is 377 g/mol. The highest BCUT2D eigenvalue weighted by Gasteiger charge is 2.32. The molecule has 0 aliphatic carbocycles. The maximum atomic E-state index is 12.8. The Bertz CT molecular complexity index is 925. The van der Waals surface area contributed by atoms with Gasteiger partial charge in [-0.2, -0.15) is 13.2 Å². The van der Waals surface area contributed by atoms with Gasteiger partial charge in [0.1, 0.15) is 25.7 Å². The minimum Gasteiger partial charge on any atom is -0.473 e. The highest BCUT2D eigenvalue weighted by Crippen LogP contribution is 2.28. The lowest BCUT2D eigenvalue weighted by molar-refractivity contribution is -0.141. The molecule has 2 aromatic heterocycles. The van der Waals surface area contributed by atoms with Crippen LogP contribution >= 0.6 is 0 Å². The van der Waals surface area contributed by atoms with Gasteiger partial charge >= 0.3 is 6.18 Å². The number of nitrogens with zero attached hydrogens (tertiary/aromatic N) is 3. The third kappa shape index (κ3) is 4.43. The zero-order valence-electron chi connectivity index (χ0n) is 14.1. The Hall–Kier alpha value is -3.36. The molecule has 0 N–H and O–H groups in total. The molecular formula is C18H14F3N3O3. The number of rotatable bonds is 6. The molecule has 9 heteroatoms. The van der Waals surface area contributed by atoms with Gasteiger partial charge in [0.25, 0.3) is 0 Å². The zero-order valence-corrected chi connectivity index (χ0v) is 14.1. The third-order valence-corrected chi connectivity index (χ3v) is 3.48. The lowest BCUT2D eigenvalue weighted by atomic mass is 10.0.